The average Bonchev–Trinajstić information content (AvgIpc) is 1.99. The Morgan fingerprint density at radius 2 is 1.81 bits per heavy atom. The first kappa shape index (κ1) is 16.3. The molecule has 6 heteroatoms. The summed E-state index contributed by atoms with van der Waals surface area (Å²) in [5.41, 5.74) is 0. The molecule has 0 saturated heterocycles. The molecule has 0 aliphatic rings. The quantitative estimate of drug-likeness (QED) is 0.322. The van der Waals surface area contributed by atoms with Crippen molar-refractivity contribution in [1.29, 1.82) is 0 Å². The van der Waals surface area contributed by atoms with E-state index in [1.165, 1.54) is 0 Å². The van der Waals surface area contributed by atoms with Gasteiger partial charge in [-0.25, -0.2) is 4.79 Å². The van der Waals surface area contributed by atoms with Gasteiger partial charge in [0, 0.05) is 9.97 Å². The van der Waals surface area contributed by atoms with Crippen LogP contribution in [0.25, 0.3) is 0 Å². The highest BCUT2D eigenvalue weighted by atomic mass is 127. The number of ether oxygens (including phenoxy) is 1. The van der Waals surface area contributed by atoms with Gasteiger partial charge < -0.3 is 4.74 Å². The third kappa shape index (κ3) is 5.56. The van der Waals surface area contributed by atoms with E-state index < -0.39 is 32.5 Å². The fourth-order valence-electron chi connectivity index (χ4n) is 0.915. The molecule has 0 fully saturated rings. The summed E-state index contributed by atoms with van der Waals surface area (Å²) in [7, 11) is -1.66. The first-order chi connectivity index (χ1) is 6.97. The van der Waals surface area contributed by atoms with E-state index in [0.717, 1.165) is 0 Å². The van der Waals surface area contributed by atoms with Gasteiger partial charge in [0.2, 0.25) is 0 Å². The Hall–Kier alpha value is 0.277. The van der Waals surface area contributed by atoms with Crippen molar-refractivity contribution in [1.82, 2.24) is 0 Å². The zero-order chi connectivity index (χ0) is 13.1. The van der Waals surface area contributed by atoms with Gasteiger partial charge in [-0.15, -0.1) is 0 Å². The number of hydrogen-bond acceptors (Lipinski definition) is 2. The van der Waals surface area contributed by atoms with E-state index in [-0.39, 0.29) is 3.55 Å². The Balaban J connectivity index is 4.51. The summed E-state index contributed by atoms with van der Waals surface area (Å²) in [5.74, 6) is -4.77. The Morgan fingerprint density at radius 1 is 1.38 bits per heavy atom. The smallest absolute Gasteiger partial charge is 0.377 e. The van der Waals surface area contributed by atoms with Gasteiger partial charge in [0.15, 0.2) is 0 Å². The molecule has 1 unspecified atom stereocenters. The number of carbonyl (C=O) groups excluding carboxylic acids is 1. The summed E-state index contributed by atoms with van der Waals surface area (Å²) >= 11 is 2.01. The maximum atomic E-state index is 13.5. The van der Waals surface area contributed by atoms with Crippen LogP contribution in [0.4, 0.5) is 8.78 Å². The first-order valence-electron chi connectivity index (χ1n) is 5.20. The molecule has 0 aromatic heterocycles. The fourth-order valence-corrected chi connectivity index (χ4v) is 2.34. The van der Waals surface area contributed by atoms with Crippen molar-refractivity contribution < 1.29 is 18.3 Å². The van der Waals surface area contributed by atoms with E-state index in [0.29, 0.717) is 0 Å². The molecule has 0 spiro atoms. The van der Waals surface area contributed by atoms with Crippen molar-refractivity contribution in [3.8, 4) is 0 Å². The monoisotopic (exact) mass is 364 g/mol. The highest BCUT2D eigenvalue weighted by Gasteiger charge is 2.45. The molecule has 0 aliphatic heterocycles. The highest BCUT2D eigenvalue weighted by Crippen LogP contribution is 2.31. The topological polar surface area (TPSA) is 26.3 Å². The summed E-state index contributed by atoms with van der Waals surface area (Å²) in [6.45, 7) is 9.15. The van der Waals surface area contributed by atoms with E-state index in [2.05, 4.69) is 4.74 Å². The molecule has 0 N–H and O–H groups in total. The minimum atomic E-state index is -3.36. The second-order valence-electron chi connectivity index (χ2n) is 5.20. The van der Waals surface area contributed by atoms with Crippen molar-refractivity contribution in [2.75, 3.05) is 0 Å². The molecule has 0 amide bonds. The van der Waals surface area contributed by atoms with Gasteiger partial charge in [0.05, 0.1) is 14.2 Å². The average molecular weight is 364 g/mol. The number of rotatable bonds is 5. The molecule has 0 saturated carbocycles. The molecule has 1 atom stereocenters. The molecule has 96 valence electrons. The maximum absolute atomic E-state index is 13.5. The van der Waals surface area contributed by atoms with Gasteiger partial charge in [-0.05, 0) is 13.8 Å². The fraction of sp³-hybridized carbons (Fsp3) is 0.900. The molecule has 2 nitrogen and oxygen atoms in total. The van der Waals surface area contributed by atoms with E-state index in [1.54, 1.807) is 13.8 Å². The number of carbonyl (C=O) groups is 1. The Kier molecular flexibility index (Phi) is 5.85. The third-order valence-electron chi connectivity index (χ3n) is 2.02. The lowest BCUT2D eigenvalue weighted by Crippen LogP contribution is -2.42. The van der Waals surface area contributed by atoms with Crippen molar-refractivity contribution >= 4 is 36.6 Å². The van der Waals surface area contributed by atoms with Crippen LogP contribution in [0, 0.1) is 0 Å². The summed E-state index contributed by atoms with van der Waals surface area (Å²) in [4.78, 5) is 11.2. The highest BCUT2D eigenvalue weighted by molar-refractivity contribution is 14.1. The lowest BCUT2D eigenvalue weighted by molar-refractivity contribution is -0.176. The van der Waals surface area contributed by atoms with Crippen LogP contribution in [0.15, 0.2) is 0 Å². The molecule has 0 bridgehead atoms. The van der Waals surface area contributed by atoms with E-state index >= 15 is 0 Å². The number of esters is 1. The van der Waals surface area contributed by atoms with Crippen molar-refractivity contribution in [2.24, 2.45) is 0 Å². The number of halogens is 3. The molecule has 0 heterocycles. The van der Waals surface area contributed by atoms with Crippen LogP contribution >= 0.6 is 22.6 Å². The molecular weight excluding hydrogens is 345 g/mol. The van der Waals surface area contributed by atoms with E-state index in [4.69, 9.17) is 0 Å². The van der Waals surface area contributed by atoms with Crippen LogP contribution in [0.3, 0.4) is 0 Å². The summed E-state index contributed by atoms with van der Waals surface area (Å²) < 4.78 is 31.4. The van der Waals surface area contributed by atoms with Crippen LogP contribution in [-0.2, 0) is 9.53 Å². The third-order valence-corrected chi connectivity index (χ3v) is 10.1. The minimum absolute atomic E-state index is 0.153. The summed E-state index contributed by atoms with van der Waals surface area (Å²) in [6.07, 6.45) is -0.924. The number of hydrogen-bond donors (Lipinski definition) is 0. The summed E-state index contributed by atoms with van der Waals surface area (Å²) in [5, 5.41) is 0. The lowest BCUT2D eigenvalue weighted by Gasteiger charge is -2.27. The molecular formula is C10H19F2IO2Si. The Morgan fingerprint density at radius 3 is 2.12 bits per heavy atom. The first-order valence-corrected chi connectivity index (χ1v) is 10.0. The van der Waals surface area contributed by atoms with Crippen LogP contribution < -0.4 is 0 Å². The van der Waals surface area contributed by atoms with Gasteiger partial charge >= 0.3 is 11.9 Å². The van der Waals surface area contributed by atoms with E-state index in [1.807, 2.05) is 42.2 Å². The lowest BCUT2D eigenvalue weighted by atomic mass is 10.2. The second kappa shape index (κ2) is 5.75. The molecule has 0 radical (unpaired) electrons. The van der Waals surface area contributed by atoms with Gasteiger partial charge in [-0.3, -0.25) is 0 Å². The maximum Gasteiger partial charge on any atom is 0.377 e. The van der Waals surface area contributed by atoms with Crippen LogP contribution in [0.1, 0.15) is 20.3 Å². The zero-order valence-electron chi connectivity index (χ0n) is 10.3. The predicted octanol–water partition coefficient (Wildman–Crippen LogP) is 3.64. The van der Waals surface area contributed by atoms with Crippen LogP contribution in [0.5, 0.6) is 0 Å². The van der Waals surface area contributed by atoms with Crippen molar-refractivity contribution in [3.05, 3.63) is 0 Å². The van der Waals surface area contributed by atoms with Crippen molar-refractivity contribution in [3.63, 3.8) is 0 Å². The largest absolute Gasteiger partial charge is 0.459 e. The zero-order valence-corrected chi connectivity index (χ0v) is 13.5. The molecule has 16 heavy (non-hydrogen) atoms. The van der Waals surface area contributed by atoms with Gasteiger partial charge in [0.1, 0.15) is 0 Å². The van der Waals surface area contributed by atoms with Gasteiger partial charge in [-0.2, -0.15) is 8.78 Å². The SMILES string of the molecule is CC(C)OC(=O)C(F)(F)CC(I)[Si](C)(C)C. The second-order valence-corrected chi connectivity index (χ2v) is 13.3. The molecule has 0 aromatic rings. The normalized spacial score (nSPS) is 15.1. The Labute approximate surface area is 110 Å². The van der Waals surface area contributed by atoms with Gasteiger partial charge in [-0.1, -0.05) is 42.2 Å². The predicted molar refractivity (Wildman–Crippen MR) is 71.9 cm³/mol. The van der Waals surface area contributed by atoms with Crippen molar-refractivity contribution in [2.45, 2.75) is 55.5 Å². The molecule has 0 aliphatic carbocycles. The molecule has 0 rings (SSSR count). The van der Waals surface area contributed by atoms with Crippen LogP contribution in [-0.4, -0.2) is 29.6 Å². The number of alkyl halides is 3. The summed E-state index contributed by atoms with van der Waals surface area (Å²) in [6, 6.07) is 0. The van der Waals surface area contributed by atoms with Gasteiger partial charge in [0.25, 0.3) is 0 Å². The minimum Gasteiger partial charge on any atom is -0.459 e. The molecule has 0 aromatic carbocycles. The Bertz CT molecular complexity index is 252. The van der Waals surface area contributed by atoms with E-state index in [9.17, 15) is 13.6 Å². The standard InChI is InChI=1S/C10H19F2IO2Si/c1-7(2)15-9(14)10(11,12)6-8(13)16(3,4)5/h7-8H,6H2,1-5H3. The van der Waals surface area contributed by atoms with Crippen LogP contribution in [0.2, 0.25) is 19.6 Å².